The summed E-state index contributed by atoms with van der Waals surface area (Å²) in [6.07, 6.45) is 5.65. The molecule has 2 aromatic rings. The summed E-state index contributed by atoms with van der Waals surface area (Å²) in [6.45, 7) is 5.65. The van der Waals surface area contributed by atoms with Gasteiger partial charge in [-0.1, -0.05) is 38.1 Å². The van der Waals surface area contributed by atoms with Crippen molar-refractivity contribution < 1.29 is 0 Å². The van der Waals surface area contributed by atoms with Crippen LogP contribution in [0.15, 0.2) is 36.5 Å². The summed E-state index contributed by atoms with van der Waals surface area (Å²) >= 11 is 0. The molecule has 1 N–H and O–H groups in total. The summed E-state index contributed by atoms with van der Waals surface area (Å²) in [6, 6.07) is 11.4. The van der Waals surface area contributed by atoms with Gasteiger partial charge in [-0.3, -0.25) is 4.98 Å². The number of hydrogen-bond donors (Lipinski definition) is 1. The minimum Gasteiger partial charge on any atom is -0.314 e. The standard InChI is InChI=1S/C17H22N2/c1-3-18-14-9-10-17(2,12-14)15-8-4-6-13-7-5-11-19-16(13)15/h4-8,11,14,18H,3,9-10,12H2,1-2H3. The lowest BCUT2D eigenvalue weighted by Gasteiger charge is -2.26. The van der Waals surface area contributed by atoms with Gasteiger partial charge >= 0.3 is 0 Å². The molecular formula is C17H22N2. The number of hydrogen-bond acceptors (Lipinski definition) is 2. The van der Waals surface area contributed by atoms with Gasteiger partial charge in [0, 0.05) is 17.6 Å². The molecule has 3 rings (SSSR count). The largest absolute Gasteiger partial charge is 0.314 e. The summed E-state index contributed by atoms with van der Waals surface area (Å²) in [7, 11) is 0. The maximum atomic E-state index is 4.62. The highest BCUT2D eigenvalue weighted by Gasteiger charge is 2.37. The zero-order chi connectivity index (χ0) is 13.3. The van der Waals surface area contributed by atoms with Gasteiger partial charge < -0.3 is 5.32 Å². The normalized spacial score (nSPS) is 26.9. The Bertz CT molecular complexity index is 573. The molecule has 0 aliphatic heterocycles. The van der Waals surface area contributed by atoms with Crippen molar-refractivity contribution in [3.05, 3.63) is 42.1 Å². The van der Waals surface area contributed by atoms with E-state index in [1.807, 2.05) is 12.3 Å². The van der Waals surface area contributed by atoms with Crippen molar-refractivity contribution in [1.82, 2.24) is 10.3 Å². The SMILES string of the molecule is CCNC1CCC(C)(c2cccc3cccnc23)C1. The molecule has 1 fully saturated rings. The van der Waals surface area contributed by atoms with Crippen LogP contribution in [0.1, 0.15) is 38.7 Å². The first-order valence-electron chi connectivity index (χ1n) is 7.30. The summed E-state index contributed by atoms with van der Waals surface area (Å²) in [5, 5.41) is 4.85. The Hall–Kier alpha value is -1.41. The van der Waals surface area contributed by atoms with Gasteiger partial charge in [0.15, 0.2) is 0 Å². The molecule has 1 aromatic heterocycles. The van der Waals surface area contributed by atoms with Crippen LogP contribution >= 0.6 is 0 Å². The second-order valence-corrected chi connectivity index (χ2v) is 5.94. The highest BCUT2D eigenvalue weighted by molar-refractivity contribution is 5.82. The molecule has 0 bridgehead atoms. The second kappa shape index (κ2) is 4.93. The molecule has 0 saturated heterocycles. The lowest BCUT2D eigenvalue weighted by Crippen LogP contribution is -2.28. The smallest absolute Gasteiger partial charge is 0.0739 e. The van der Waals surface area contributed by atoms with Gasteiger partial charge in [0.2, 0.25) is 0 Å². The minimum absolute atomic E-state index is 0.265. The van der Waals surface area contributed by atoms with Gasteiger partial charge in [0.05, 0.1) is 5.52 Å². The molecule has 1 heterocycles. The van der Waals surface area contributed by atoms with Gasteiger partial charge in [-0.25, -0.2) is 0 Å². The van der Waals surface area contributed by atoms with Crippen LogP contribution in [0.3, 0.4) is 0 Å². The van der Waals surface area contributed by atoms with E-state index in [4.69, 9.17) is 0 Å². The first kappa shape index (κ1) is 12.6. The molecule has 19 heavy (non-hydrogen) atoms. The van der Waals surface area contributed by atoms with E-state index in [1.165, 1.54) is 35.7 Å². The van der Waals surface area contributed by atoms with E-state index in [0.29, 0.717) is 6.04 Å². The molecule has 0 spiro atoms. The Labute approximate surface area is 115 Å². The third kappa shape index (κ3) is 2.25. The first-order chi connectivity index (χ1) is 9.23. The molecule has 1 saturated carbocycles. The van der Waals surface area contributed by atoms with E-state index < -0.39 is 0 Å². The van der Waals surface area contributed by atoms with E-state index >= 15 is 0 Å². The second-order valence-electron chi connectivity index (χ2n) is 5.94. The first-order valence-corrected chi connectivity index (χ1v) is 7.30. The molecular weight excluding hydrogens is 232 g/mol. The zero-order valence-electron chi connectivity index (χ0n) is 11.8. The van der Waals surface area contributed by atoms with Gasteiger partial charge in [-0.05, 0) is 42.9 Å². The average Bonchev–Trinajstić information content (AvgIpc) is 2.81. The van der Waals surface area contributed by atoms with Crippen molar-refractivity contribution in [3.8, 4) is 0 Å². The van der Waals surface area contributed by atoms with Crippen LogP contribution in [-0.2, 0) is 5.41 Å². The van der Waals surface area contributed by atoms with Crippen molar-refractivity contribution in [2.45, 2.75) is 44.6 Å². The number of nitrogens with one attached hydrogen (secondary N) is 1. The minimum atomic E-state index is 0.265. The Morgan fingerprint density at radius 3 is 3.00 bits per heavy atom. The van der Waals surface area contributed by atoms with E-state index in [0.717, 1.165) is 6.54 Å². The topological polar surface area (TPSA) is 24.9 Å². The van der Waals surface area contributed by atoms with Gasteiger partial charge in [-0.15, -0.1) is 0 Å². The molecule has 0 radical (unpaired) electrons. The summed E-state index contributed by atoms with van der Waals surface area (Å²) in [4.78, 5) is 4.62. The molecule has 2 nitrogen and oxygen atoms in total. The predicted molar refractivity (Wildman–Crippen MR) is 80.4 cm³/mol. The molecule has 2 unspecified atom stereocenters. The maximum Gasteiger partial charge on any atom is 0.0739 e. The number of pyridine rings is 1. The van der Waals surface area contributed by atoms with Crippen LogP contribution in [0.5, 0.6) is 0 Å². The fourth-order valence-electron chi connectivity index (χ4n) is 3.54. The lowest BCUT2D eigenvalue weighted by atomic mass is 9.79. The van der Waals surface area contributed by atoms with Crippen molar-refractivity contribution >= 4 is 10.9 Å². The van der Waals surface area contributed by atoms with Crippen molar-refractivity contribution in [2.24, 2.45) is 0 Å². The van der Waals surface area contributed by atoms with E-state index in [-0.39, 0.29) is 5.41 Å². The fraction of sp³-hybridized carbons (Fsp3) is 0.471. The fourth-order valence-corrected chi connectivity index (χ4v) is 3.54. The quantitative estimate of drug-likeness (QED) is 0.904. The Balaban J connectivity index is 2.00. The maximum absolute atomic E-state index is 4.62. The summed E-state index contributed by atoms with van der Waals surface area (Å²) < 4.78 is 0. The average molecular weight is 254 g/mol. The van der Waals surface area contributed by atoms with E-state index in [1.54, 1.807) is 0 Å². The van der Waals surface area contributed by atoms with Gasteiger partial charge in [0.25, 0.3) is 0 Å². The third-order valence-corrected chi connectivity index (χ3v) is 4.52. The van der Waals surface area contributed by atoms with Crippen LogP contribution in [0, 0.1) is 0 Å². The monoisotopic (exact) mass is 254 g/mol. The van der Waals surface area contributed by atoms with Crippen molar-refractivity contribution in [1.29, 1.82) is 0 Å². The van der Waals surface area contributed by atoms with E-state index in [2.05, 4.69) is 48.4 Å². The van der Waals surface area contributed by atoms with Crippen LogP contribution in [0.2, 0.25) is 0 Å². The molecule has 1 aliphatic rings. The number of aromatic nitrogens is 1. The number of fused-ring (bicyclic) bond motifs is 1. The Morgan fingerprint density at radius 1 is 1.32 bits per heavy atom. The Morgan fingerprint density at radius 2 is 2.16 bits per heavy atom. The number of rotatable bonds is 3. The van der Waals surface area contributed by atoms with Crippen LogP contribution in [0.25, 0.3) is 10.9 Å². The number of nitrogens with zero attached hydrogens (tertiary/aromatic N) is 1. The number of para-hydroxylation sites is 1. The molecule has 0 amide bonds. The highest BCUT2D eigenvalue weighted by atomic mass is 14.9. The number of benzene rings is 1. The van der Waals surface area contributed by atoms with Crippen LogP contribution < -0.4 is 5.32 Å². The summed E-state index contributed by atoms with van der Waals surface area (Å²) in [5.41, 5.74) is 2.87. The van der Waals surface area contributed by atoms with Crippen LogP contribution in [-0.4, -0.2) is 17.6 Å². The molecule has 1 aliphatic carbocycles. The zero-order valence-corrected chi connectivity index (χ0v) is 11.8. The molecule has 100 valence electrons. The van der Waals surface area contributed by atoms with Gasteiger partial charge in [-0.2, -0.15) is 0 Å². The van der Waals surface area contributed by atoms with Crippen LogP contribution in [0.4, 0.5) is 0 Å². The lowest BCUT2D eigenvalue weighted by molar-refractivity contribution is 0.460. The van der Waals surface area contributed by atoms with E-state index in [9.17, 15) is 0 Å². The third-order valence-electron chi connectivity index (χ3n) is 4.52. The predicted octanol–water partition coefficient (Wildman–Crippen LogP) is 3.65. The Kier molecular flexibility index (Phi) is 3.28. The molecule has 2 heteroatoms. The van der Waals surface area contributed by atoms with Crippen molar-refractivity contribution in [3.63, 3.8) is 0 Å². The molecule has 2 atom stereocenters. The molecule has 1 aromatic carbocycles. The summed E-state index contributed by atoms with van der Waals surface area (Å²) in [5.74, 6) is 0. The highest BCUT2D eigenvalue weighted by Crippen LogP contribution is 2.42. The van der Waals surface area contributed by atoms with Crippen molar-refractivity contribution in [2.75, 3.05) is 6.54 Å². The van der Waals surface area contributed by atoms with Gasteiger partial charge in [0.1, 0.15) is 0 Å².